The molecule has 0 radical (unpaired) electrons. The number of rotatable bonds is 43. The molecule has 53 heavy (non-hydrogen) atoms. The first-order chi connectivity index (χ1) is 25.8. The first-order valence-corrected chi connectivity index (χ1v) is 24.0. The fourth-order valence-corrected chi connectivity index (χ4v) is 7.37. The quantitative estimate of drug-likeness (QED) is 0.0317. The maximum Gasteiger partial charge on any atom is 0.472 e. The Morgan fingerprint density at radius 3 is 1.23 bits per heavy atom. The number of ether oxygens (including phenoxy) is 1. The molecule has 0 aliphatic carbocycles. The van der Waals surface area contributed by atoms with Crippen molar-refractivity contribution >= 4 is 19.7 Å². The van der Waals surface area contributed by atoms with Crippen molar-refractivity contribution in [1.82, 2.24) is 5.32 Å². The zero-order chi connectivity index (χ0) is 38.9. The molecular weight excluding hydrogens is 689 g/mol. The van der Waals surface area contributed by atoms with E-state index >= 15 is 0 Å². The molecule has 0 aliphatic rings. The van der Waals surface area contributed by atoms with Gasteiger partial charge in [0.15, 0.2) is 0 Å². The Bertz CT molecular complexity index is 845. The van der Waals surface area contributed by atoms with Gasteiger partial charge >= 0.3 is 13.8 Å². The van der Waals surface area contributed by atoms with Crippen LogP contribution in [-0.4, -0.2) is 54.3 Å². The fraction of sp³-hybridized carbons (Fsp3) is 0.953. The molecule has 0 aromatic rings. The Labute approximate surface area is 326 Å². The van der Waals surface area contributed by atoms with E-state index in [0.717, 1.165) is 38.5 Å². The number of carbonyl (C=O) groups excluding carboxylic acids is 2. The lowest BCUT2D eigenvalue weighted by molar-refractivity contribution is -0.147. The average molecular weight is 776 g/mol. The summed E-state index contributed by atoms with van der Waals surface area (Å²) < 4.78 is 26.9. The number of carbonyl (C=O) groups is 2. The zero-order valence-electron chi connectivity index (χ0n) is 34.7. The van der Waals surface area contributed by atoms with E-state index in [9.17, 15) is 24.2 Å². The van der Waals surface area contributed by atoms with Gasteiger partial charge in [0.05, 0.1) is 13.2 Å². The Hall–Kier alpha value is -0.990. The minimum absolute atomic E-state index is 0.0885. The number of phosphoric acid groups is 1. The molecule has 2 unspecified atom stereocenters. The van der Waals surface area contributed by atoms with Gasteiger partial charge in [-0.25, -0.2) is 4.57 Å². The monoisotopic (exact) mass is 776 g/mol. The summed E-state index contributed by atoms with van der Waals surface area (Å²) in [6, 6.07) is 0. The number of amides is 1. The number of aliphatic hydroxyl groups is 1. The van der Waals surface area contributed by atoms with Gasteiger partial charge in [-0.3, -0.25) is 18.6 Å². The first kappa shape index (κ1) is 52.0. The highest BCUT2D eigenvalue weighted by molar-refractivity contribution is 7.47. The molecule has 0 saturated heterocycles. The van der Waals surface area contributed by atoms with E-state index in [0.29, 0.717) is 12.8 Å². The van der Waals surface area contributed by atoms with Crippen LogP contribution in [0.3, 0.4) is 0 Å². The second kappa shape index (κ2) is 40.7. The molecular formula is C43H86NO8P. The van der Waals surface area contributed by atoms with Gasteiger partial charge in [0.25, 0.3) is 0 Å². The third-order valence-corrected chi connectivity index (χ3v) is 11.0. The second-order valence-corrected chi connectivity index (χ2v) is 16.8. The predicted octanol–water partition coefficient (Wildman–Crippen LogP) is 12.4. The van der Waals surface area contributed by atoms with Crippen molar-refractivity contribution < 1.29 is 37.9 Å². The molecule has 316 valence electrons. The molecule has 0 aromatic heterocycles. The van der Waals surface area contributed by atoms with E-state index < -0.39 is 26.5 Å². The number of hydrogen-bond acceptors (Lipinski definition) is 7. The van der Waals surface area contributed by atoms with E-state index in [-0.39, 0.29) is 25.7 Å². The van der Waals surface area contributed by atoms with Crippen LogP contribution < -0.4 is 5.32 Å². The Balaban J connectivity index is 3.54. The highest BCUT2D eigenvalue weighted by atomic mass is 31.2. The van der Waals surface area contributed by atoms with E-state index in [2.05, 4.69) is 19.2 Å². The number of hydrogen-bond donors (Lipinski definition) is 3. The first-order valence-electron chi connectivity index (χ1n) is 22.5. The van der Waals surface area contributed by atoms with Gasteiger partial charge in [-0.2, -0.15) is 0 Å². The molecule has 0 spiro atoms. The molecule has 1 amide bonds. The minimum atomic E-state index is -4.41. The summed E-state index contributed by atoms with van der Waals surface area (Å²) in [6.07, 6.45) is 40.3. The molecule has 2 atom stereocenters. The van der Waals surface area contributed by atoms with Gasteiger partial charge in [-0.05, 0) is 12.8 Å². The normalized spacial score (nSPS) is 13.2. The highest BCUT2D eigenvalue weighted by Crippen LogP contribution is 2.42. The number of phosphoric ester groups is 1. The summed E-state index contributed by atoms with van der Waals surface area (Å²) in [7, 11) is -4.41. The van der Waals surface area contributed by atoms with Crippen molar-refractivity contribution in [1.29, 1.82) is 0 Å². The van der Waals surface area contributed by atoms with Crippen LogP contribution in [0.15, 0.2) is 0 Å². The predicted molar refractivity (Wildman–Crippen MR) is 220 cm³/mol. The molecule has 3 N–H and O–H groups in total. The molecule has 0 heterocycles. The van der Waals surface area contributed by atoms with E-state index in [1.165, 1.54) is 167 Å². The summed E-state index contributed by atoms with van der Waals surface area (Å²) in [5.41, 5.74) is 0. The van der Waals surface area contributed by atoms with Gasteiger partial charge < -0.3 is 20.1 Å². The van der Waals surface area contributed by atoms with E-state index in [4.69, 9.17) is 13.8 Å². The Kier molecular flexibility index (Phi) is 39.9. The van der Waals surface area contributed by atoms with E-state index in [1.54, 1.807) is 0 Å². The smallest absolute Gasteiger partial charge is 0.463 e. The Morgan fingerprint density at radius 1 is 0.509 bits per heavy atom. The van der Waals surface area contributed by atoms with Crippen molar-refractivity contribution in [2.75, 3.05) is 26.4 Å². The van der Waals surface area contributed by atoms with Crippen LogP contribution in [0.2, 0.25) is 0 Å². The lowest BCUT2D eigenvalue weighted by Crippen LogP contribution is -2.27. The van der Waals surface area contributed by atoms with Gasteiger partial charge in [-0.15, -0.1) is 0 Å². The highest BCUT2D eigenvalue weighted by Gasteiger charge is 2.23. The summed E-state index contributed by atoms with van der Waals surface area (Å²) in [6.45, 7) is 3.60. The molecule has 0 rings (SSSR count). The molecule has 0 bridgehead atoms. The lowest BCUT2D eigenvalue weighted by Gasteiger charge is -2.15. The summed E-state index contributed by atoms with van der Waals surface area (Å²) in [5.74, 6) is -0.502. The molecule has 0 saturated carbocycles. The molecule has 0 fully saturated rings. The van der Waals surface area contributed by atoms with Gasteiger partial charge in [0, 0.05) is 19.4 Å². The largest absolute Gasteiger partial charge is 0.472 e. The molecule has 0 aliphatic heterocycles. The summed E-state index contributed by atoms with van der Waals surface area (Å²) in [5, 5.41) is 12.7. The maximum atomic E-state index is 12.1. The van der Waals surface area contributed by atoms with E-state index in [1.807, 2.05) is 0 Å². The SMILES string of the molecule is CCCCCCCCCCCCCCCCCCCC(=O)NCCOP(=O)(O)OCC(O)COC(=O)CCCCCCCCCCCCCCCCC. The Morgan fingerprint density at radius 2 is 0.849 bits per heavy atom. The van der Waals surface area contributed by atoms with Crippen molar-refractivity contribution in [2.24, 2.45) is 0 Å². The minimum Gasteiger partial charge on any atom is -0.463 e. The number of unbranched alkanes of at least 4 members (excludes halogenated alkanes) is 30. The average Bonchev–Trinajstić information content (AvgIpc) is 3.14. The van der Waals surface area contributed by atoms with Crippen LogP contribution in [0.4, 0.5) is 0 Å². The standard InChI is InChI=1S/C43H86NO8P/c1-3-5-7-9-11-13-15-17-19-20-22-23-25-27-29-31-33-35-42(46)44-37-38-51-53(48,49)52-40-41(45)39-50-43(47)36-34-32-30-28-26-24-21-18-16-14-12-10-8-6-4-2/h41,45H,3-40H2,1-2H3,(H,44,46)(H,48,49). The molecule has 10 heteroatoms. The number of aliphatic hydroxyl groups excluding tert-OH is 1. The zero-order valence-corrected chi connectivity index (χ0v) is 35.6. The van der Waals surface area contributed by atoms with Crippen molar-refractivity contribution in [3.8, 4) is 0 Å². The second-order valence-electron chi connectivity index (χ2n) is 15.4. The summed E-state index contributed by atoms with van der Waals surface area (Å²) in [4.78, 5) is 33.9. The third-order valence-electron chi connectivity index (χ3n) is 10.0. The van der Waals surface area contributed by atoms with Crippen molar-refractivity contribution in [3.05, 3.63) is 0 Å². The van der Waals surface area contributed by atoms with Crippen LogP contribution in [0.1, 0.15) is 232 Å². The molecule has 9 nitrogen and oxygen atoms in total. The van der Waals surface area contributed by atoms with Crippen molar-refractivity contribution in [2.45, 2.75) is 238 Å². The van der Waals surface area contributed by atoms with Crippen LogP contribution in [0, 0.1) is 0 Å². The van der Waals surface area contributed by atoms with Crippen LogP contribution >= 0.6 is 7.82 Å². The van der Waals surface area contributed by atoms with Crippen LogP contribution in [0.5, 0.6) is 0 Å². The topological polar surface area (TPSA) is 131 Å². The van der Waals surface area contributed by atoms with Crippen LogP contribution in [-0.2, 0) is 27.9 Å². The number of esters is 1. The third kappa shape index (κ3) is 42.0. The molecule has 0 aromatic carbocycles. The van der Waals surface area contributed by atoms with Gasteiger partial charge in [0.1, 0.15) is 12.7 Å². The maximum absolute atomic E-state index is 12.1. The fourth-order valence-electron chi connectivity index (χ4n) is 6.62. The lowest BCUT2D eigenvalue weighted by atomic mass is 10.0. The van der Waals surface area contributed by atoms with Gasteiger partial charge in [-0.1, -0.05) is 206 Å². The number of nitrogens with one attached hydrogen (secondary N) is 1. The van der Waals surface area contributed by atoms with Gasteiger partial charge in [0.2, 0.25) is 5.91 Å². The summed E-state index contributed by atoms with van der Waals surface area (Å²) >= 11 is 0. The van der Waals surface area contributed by atoms with Crippen molar-refractivity contribution in [3.63, 3.8) is 0 Å². The van der Waals surface area contributed by atoms with Crippen LogP contribution in [0.25, 0.3) is 0 Å².